The maximum Gasteiger partial charge on any atom is 0.128 e. The second kappa shape index (κ2) is 5.72. The number of aryl methyl sites for hydroxylation is 1. The van der Waals surface area contributed by atoms with E-state index in [9.17, 15) is 5.11 Å². The van der Waals surface area contributed by atoms with Gasteiger partial charge in [0.2, 0.25) is 0 Å². The van der Waals surface area contributed by atoms with Crippen molar-refractivity contribution in [3.63, 3.8) is 0 Å². The summed E-state index contributed by atoms with van der Waals surface area (Å²) in [5, 5.41) is 13.3. The van der Waals surface area contributed by atoms with Gasteiger partial charge >= 0.3 is 0 Å². The zero-order valence-electron chi connectivity index (χ0n) is 12.3. The molecule has 0 radical (unpaired) electrons. The van der Waals surface area contributed by atoms with Gasteiger partial charge in [0.25, 0.3) is 0 Å². The van der Waals surface area contributed by atoms with Gasteiger partial charge in [0.05, 0.1) is 13.2 Å². The van der Waals surface area contributed by atoms with Gasteiger partial charge < -0.3 is 15.2 Å². The Labute approximate surface area is 110 Å². The van der Waals surface area contributed by atoms with E-state index in [2.05, 4.69) is 38.2 Å². The number of nitrogens with one attached hydrogen (secondary N) is 1. The standard InChI is InChI=1S/C15H25NO2/c1-10-7-8-11(15(2,3)4)14(18-6)13(10)12(17)9-16-5/h7-8,12,16-17H,9H2,1-6H3. The lowest BCUT2D eigenvalue weighted by atomic mass is 9.83. The number of likely N-dealkylation sites (N-methyl/N-ethyl adjacent to an activating group) is 1. The van der Waals surface area contributed by atoms with Crippen molar-refractivity contribution in [1.82, 2.24) is 5.32 Å². The summed E-state index contributed by atoms with van der Waals surface area (Å²) in [7, 11) is 3.50. The molecule has 1 atom stereocenters. The van der Waals surface area contributed by atoms with Crippen LogP contribution in [0, 0.1) is 6.92 Å². The molecule has 0 fully saturated rings. The third-order valence-corrected chi connectivity index (χ3v) is 3.16. The van der Waals surface area contributed by atoms with Crippen LogP contribution in [-0.4, -0.2) is 25.8 Å². The van der Waals surface area contributed by atoms with Crippen LogP contribution >= 0.6 is 0 Å². The number of benzene rings is 1. The Morgan fingerprint density at radius 1 is 1.33 bits per heavy atom. The molecule has 0 bridgehead atoms. The first-order chi connectivity index (χ1) is 8.32. The van der Waals surface area contributed by atoms with Gasteiger partial charge in [-0.05, 0) is 30.5 Å². The van der Waals surface area contributed by atoms with E-state index >= 15 is 0 Å². The van der Waals surface area contributed by atoms with E-state index in [-0.39, 0.29) is 5.41 Å². The third kappa shape index (κ3) is 3.03. The molecule has 0 amide bonds. The van der Waals surface area contributed by atoms with Gasteiger partial charge in [0.15, 0.2) is 0 Å². The highest BCUT2D eigenvalue weighted by Crippen LogP contribution is 2.38. The molecule has 0 saturated heterocycles. The lowest BCUT2D eigenvalue weighted by Crippen LogP contribution is -2.20. The van der Waals surface area contributed by atoms with Crippen LogP contribution in [0.5, 0.6) is 5.75 Å². The second-order valence-electron chi connectivity index (χ2n) is 5.70. The molecule has 1 aromatic rings. The van der Waals surface area contributed by atoms with Gasteiger partial charge in [0, 0.05) is 12.1 Å². The Kier molecular flexibility index (Phi) is 4.77. The minimum Gasteiger partial charge on any atom is -0.496 e. The average molecular weight is 251 g/mol. The fourth-order valence-electron chi connectivity index (χ4n) is 2.22. The fraction of sp³-hybridized carbons (Fsp3) is 0.600. The Hall–Kier alpha value is -1.06. The molecule has 0 aliphatic heterocycles. The predicted octanol–water partition coefficient (Wildman–Crippen LogP) is 2.55. The Balaban J connectivity index is 3.39. The molecule has 1 rings (SSSR count). The number of ether oxygens (including phenoxy) is 1. The smallest absolute Gasteiger partial charge is 0.128 e. The van der Waals surface area contributed by atoms with Crippen molar-refractivity contribution in [2.24, 2.45) is 0 Å². The zero-order valence-corrected chi connectivity index (χ0v) is 12.3. The highest BCUT2D eigenvalue weighted by Gasteiger charge is 2.24. The van der Waals surface area contributed by atoms with Gasteiger partial charge in [-0.2, -0.15) is 0 Å². The molecule has 0 saturated carbocycles. The van der Waals surface area contributed by atoms with Crippen molar-refractivity contribution >= 4 is 0 Å². The van der Waals surface area contributed by atoms with Crippen LogP contribution in [0.15, 0.2) is 12.1 Å². The average Bonchev–Trinajstić information content (AvgIpc) is 2.26. The van der Waals surface area contributed by atoms with E-state index in [1.54, 1.807) is 7.11 Å². The van der Waals surface area contributed by atoms with Crippen molar-refractivity contribution in [2.75, 3.05) is 20.7 Å². The van der Waals surface area contributed by atoms with Crippen LogP contribution in [-0.2, 0) is 5.41 Å². The molecule has 0 heterocycles. The van der Waals surface area contributed by atoms with Crippen LogP contribution < -0.4 is 10.1 Å². The van der Waals surface area contributed by atoms with Gasteiger partial charge in [-0.3, -0.25) is 0 Å². The van der Waals surface area contributed by atoms with E-state index in [4.69, 9.17) is 4.74 Å². The molecule has 3 nitrogen and oxygen atoms in total. The maximum absolute atomic E-state index is 10.3. The van der Waals surface area contributed by atoms with Crippen molar-refractivity contribution in [3.8, 4) is 5.75 Å². The molecular weight excluding hydrogens is 226 g/mol. The number of hydrogen-bond acceptors (Lipinski definition) is 3. The van der Waals surface area contributed by atoms with Gasteiger partial charge in [-0.1, -0.05) is 32.9 Å². The first-order valence-electron chi connectivity index (χ1n) is 6.33. The van der Waals surface area contributed by atoms with Crippen molar-refractivity contribution in [3.05, 3.63) is 28.8 Å². The van der Waals surface area contributed by atoms with Crippen molar-refractivity contribution in [2.45, 2.75) is 39.2 Å². The molecule has 0 aliphatic rings. The molecule has 0 spiro atoms. The maximum atomic E-state index is 10.3. The van der Waals surface area contributed by atoms with Crippen LogP contribution in [0.1, 0.15) is 43.6 Å². The van der Waals surface area contributed by atoms with E-state index in [0.29, 0.717) is 6.54 Å². The van der Waals surface area contributed by atoms with E-state index in [1.165, 1.54) is 0 Å². The summed E-state index contributed by atoms with van der Waals surface area (Å²) in [5.41, 5.74) is 3.07. The predicted molar refractivity (Wildman–Crippen MR) is 75.3 cm³/mol. The quantitative estimate of drug-likeness (QED) is 0.864. The number of aliphatic hydroxyl groups is 1. The molecular formula is C15H25NO2. The molecule has 2 N–H and O–H groups in total. The molecule has 1 unspecified atom stereocenters. The Morgan fingerprint density at radius 2 is 1.94 bits per heavy atom. The summed E-state index contributed by atoms with van der Waals surface area (Å²) in [5.74, 6) is 0.810. The summed E-state index contributed by atoms with van der Waals surface area (Å²) >= 11 is 0. The number of aliphatic hydroxyl groups excluding tert-OH is 1. The fourth-order valence-corrected chi connectivity index (χ4v) is 2.22. The summed E-state index contributed by atoms with van der Waals surface area (Å²) < 4.78 is 5.56. The van der Waals surface area contributed by atoms with Crippen LogP contribution in [0.25, 0.3) is 0 Å². The third-order valence-electron chi connectivity index (χ3n) is 3.16. The van der Waals surface area contributed by atoms with Crippen LogP contribution in [0.2, 0.25) is 0 Å². The number of hydrogen-bond donors (Lipinski definition) is 2. The summed E-state index contributed by atoms with van der Waals surface area (Å²) in [4.78, 5) is 0. The SMILES string of the molecule is CNCC(O)c1c(C)ccc(C(C)(C)C)c1OC. The molecule has 3 heteroatoms. The van der Waals surface area contributed by atoms with E-state index in [1.807, 2.05) is 14.0 Å². The normalized spacial score (nSPS) is 13.5. The Bertz CT molecular complexity index is 408. The minimum absolute atomic E-state index is 0.00679. The van der Waals surface area contributed by atoms with Gasteiger partial charge in [-0.15, -0.1) is 0 Å². The number of methoxy groups -OCH3 is 1. The van der Waals surface area contributed by atoms with Gasteiger partial charge in [-0.25, -0.2) is 0 Å². The second-order valence-corrected chi connectivity index (χ2v) is 5.70. The van der Waals surface area contributed by atoms with E-state index < -0.39 is 6.10 Å². The first-order valence-corrected chi connectivity index (χ1v) is 6.33. The Morgan fingerprint density at radius 3 is 2.39 bits per heavy atom. The largest absolute Gasteiger partial charge is 0.496 e. The van der Waals surface area contributed by atoms with Gasteiger partial charge in [0.1, 0.15) is 5.75 Å². The minimum atomic E-state index is -0.549. The van der Waals surface area contributed by atoms with Crippen LogP contribution in [0.3, 0.4) is 0 Å². The molecule has 102 valence electrons. The number of rotatable bonds is 4. The monoisotopic (exact) mass is 251 g/mol. The van der Waals surface area contributed by atoms with Crippen molar-refractivity contribution in [1.29, 1.82) is 0 Å². The van der Waals surface area contributed by atoms with E-state index in [0.717, 1.165) is 22.4 Å². The highest BCUT2D eigenvalue weighted by molar-refractivity contribution is 5.50. The first kappa shape index (κ1) is 15.0. The molecule has 1 aromatic carbocycles. The van der Waals surface area contributed by atoms with Crippen LogP contribution in [0.4, 0.5) is 0 Å². The lowest BCUT2D eigenvalue weighted by molar-refractivity contribution is 0.172. The molecule has 0 aromatic heterocycles. The highest BCUT2D eigenvalue weighted by atomic mass is 16.5. The lowest BCUT2D eigenvalue weighted by Gasteiger charge is -2.26. The summed E-state index contributed by atoms with van der Waals surface area (Å²) in [6.07, 6.45) is -0.549. The molecule has 0 aliphatic carbocycles. The zero-order chi connectivity index (χ0) is 13.9. The molecule has 18 heavy (non-hydrogen) atoms. The summed E-state index contributed by atoms with van der Waals surface area (Å²) in [6.45, 7) is 8.96. The topological polar surface area (TPSA) is 41.5 Å². The van der Waals surface area contributed by atoms with Crippen molar-refractivity contribution < 1.29 is 9.84 Å². The summed E-state index contributed by atoms with van der Waals surface area (Å²) in [6, 6.07) is 4.14.